The highest BCUT2D eigenvalue weighted by Crippen LogP contribution is 2.24. The van der Waals surface area contributed by atoms with Gasteiger partial charge in [0.2, 0.25) is 5.82 Å². The third kappa shape index (κ3) is 6.93. The molecule has 166 valence electrons. The maximum Gasteiger partial charge on any atom is 0.234 e. The van der Waals surface area contributed by atoms with Crippen LogP contribution >= 0.6 is 0 Å². The lowest BCUT2D eigenvalue weighted by atomic mass is 9.94. The van der Waals surface area contributed by atoms with Crippen LogP contribution in [-0.4, -0.2) is 35.1 Å². The van der Waals surface area contributed by atoms with Gasteiger partial charge in [-0.1, -0.05) is 32.9 Å². The summed E-state index contributed by atoms with van der Waals surface area (Å²) in [6, 6.07) is 11.0. The van der Waals surface area contributed by atoms with Crippen LogP contribution in [0.4, 0.5) is 11.5 Å². The minimum Gasteiger partial charge on any atom is -0.372 e. The quantitative estimate of drug-likeness (QED) is 0.654. The number of hydrogen-bond donors (Lipinski definition) is 2. The van der Waals surface area contributed by atoms with Crippen LogP contribution < -0.4 is 15.5 Å². The topological polar surface area (TPSA) is 76.9 Å². The largest absolute Gasteiger partial charge is 0.372 e. The maximum absolute atomic E-state index is 9.18. The Balaban J connectivity index is 1.67. The molecule has 0 atom stereocenters. The molecule has 0 amide bonds. The highest BCUT2D eigenvalue weighted by atomic mass is 15.1. The van der Waals surface area contributed by atoms with Crippen molar-refractivity contribution in [2.24, 2.45) is 5.41 Å². The summed E-state index contributed by atoms with van der Waals surface area (Å²) in [4.78, 5) is 11.1. The zero-order valence-electron chi connectivity index (χ0n) is 19.6. The Bertz CT molecular complexity index is 916. The standard InChI is InChI=1S/C25H36N6/c1-24(2,3)18-28-23-20(16-27-22(15-26)30-23)17-29-25(4,5)14-19-9-8-10-21(13-19)31-11-6-7-12-31/h8-10,13,16,29H,6-7,11-12,14,17-18H2,1-5H3,(H,27,28,30). The van der Waals surface area contributed by atoms with E-state index in [2.05, 4.69) is 84.4 Å². The average Bonchev–Trinajstić information content (AvgIpc) is 3.25. The molecule has 1 aromatic carbocycles. The highest BCUT2D eigenvalue weighted by Gasteiger charge is 2.21. The van der Waals surface area contributed by atoms with Gasteiger partial charge < -0.3 is 15.5 Å². The summed E-state index contributed by atoms with van der Waals surface area (Å²) >= 11 is 0. The first kappa shape index (κ1) is 23.0. The monoisotopic (exact) mass is 420 g/mol. The van der Waals surface area contributed by atoms with Crippen molar-refractivity contribution < 1.29 is 0 Å². The normalized spacial score (nSPS) is 14.5. The molecule has 0 saturated carbocycles. The third-order valence-corrected chi connectivity index (χ3v) is 5.54. The van der Waals surface area contributed by atoms with E-state index in [1.165, 1.54) is 24.1 Å². The Morgan fingerprint density at radius 2 is 1.87 bits per heavy atom. The molecule has 6 heteroatoms. The molecule has 3 rings (SSSR count). The minimum atomic E-state index is -0.0984. The number of rotatable bonds is 8. The van der Waals surface area contributed by atoms with E-state index in [4.69, 9.17) is 0 Å². The second kappa shape index (κ2) is 9.65. The summed E-state index contributed by atoms with van der Waals surface area (Å²) in [7, 11) is 0. The van der Waals surface area contributed by atoms with Gasteiger partial charge in [0, 0.05) is 49.2 Å². The van der Waals surface area contributed by atoms with Crippen LogP contribution in [0.5, 0.6) is 0 Å². The van der Waals surface area contributed by atoms with E-state index < -0.39 is 0 Å². The molecule has 1 aromatic heterocycles. The SMILES string of the molecule is CC(C)(C)CNc1nc(C#N)ncc1CNC(C)(C)Cc1cccc(N2CCCC2)c1. The van der Waals surface area contributed by atoms with E-state index in [0.717, 1.165) is 37.4 Å². The molecule has 0 spiro atoms. The van der Waals surface area contributed by atoms with Gasteiger partial charge in [0.15, 0.2) is 0 Å². The van der Waals surface area contributed by atoms with Crippen molar-refractivity contribution in [1.29, 1.82) is 5.26 Å². The zero-order valence-corrected chi connectivity index (χ0v) is 19.6. The summed E-state index contributed by atoms with van der Waals surface area (Å²) in [5, 5.41) is 16.3. The molecule has 1 aliphatic rings. The van der Waals surface area contributed by atoms with Crippen molar-refractivity contribution in [3.8, 4) is 6.07 Å². The fraction of sp³-hybridized carbons (Fsp3) is 0.560. The van der Waals surface area contributed by atoms with E-state index in [9.17, 15) is 5.26 Å². The maximum atomic E-state index is 9.18. The zero-order chi connectivity index (χ0) is 22.5. The van der Waals surface area contributed by atoms with Crippen molar-refractivity contribution in [3.05, 3.63) is 47.4 Å². The van der Waals surface area contributed by atoms with Crippen LogP contribution in [0.15, 0.2) is 30.5 Å². The molecule has 0 aliphatic carbocycles. The lowest BCUT2D eigenvalue weighted by Gasteiger charge is -2.28. The van der Waals surface area contributed by atoms with E-state index in [1.807, 2.05) is 6.07 Å². The molecular weight excluding hydrogens is 384 g/mol. The number of anilines is 2. The van der Waals surface area contributed by atoms with Crippen LogP contribution in [0.25, 0.3) is 0 Å². The molecule has 6 nitrogen and oxygen atoms in total. The predicted octanol–water partition coefficient (Wildman–Crippen LogP) is 4.52. The van der Waals surface area contributed by atoms with Gasteiger partial charge in [0.25, 0.3) is 0 Å². The first-order chi connectivity index (χ1) is 14.6. The first-order valence-corrected chi connectivity index (χ1v) is 11.2. The summed E-state index contributed by atoms with van der Waals surface area (Å²) < 4.78 is 0. The Hall–Kier alpha value is -2.65. The van der Waals surface area contributed by atoms with Gasteiger partial charge in [0.05, 0.1) is 0 Å². The number of hydrogen-bond acceptors (Lipinski definition) is 6. The van der Waals surface area contributed by atoms with E-state index >= 15 is 0 Å². The van der Waals surface area contributed by atoms with Gasteiger partial charge in [-0.25, -0.2) is 9.97 Å². The second-order valence-electron chi connectivity index (χ2n) is 10.4. The molecule has 1 fully saturated rings. The van der Waals surface area contributed by atoms with Crippen LogP contribution in [0.1, 0.15) is 64.4 Å². The molecule has 1 saturated heterocycles. The highest BCUT2D eigenvalue weighted by molar-refractivity contribution is 5.49. The lowest BCUT2D eigenvalue weighted by molar-refractivity contribution is 0.383. The van der Waals surface area contributed by atoms with Crippen LogP contribution in [-0.2, 0) is 13.0 Å². The van der Waals surface area contributed by atoms with Crippen LogP contribution in [0, 0.1) is 16.7 Å². The van der Waals surface area contributed by atoms with E-state index in [-0.39, 0.29) is 16.8 Å². The number of nitriles is 1. The first-order valence-electron chi connectivity index (χ1n) is 11.2. The van der Waals surface area contributed by atoms with Crippen LogP contribution in [0.2, 0.25) is 0 Å². The predicted molar refractivity (Wildman–Crippen MR) is 127 cm³/mol. The van der Waals surface area contributed by atoms with E-state index in [1.54, 1.807) is 6.20 Å². The van der Waals surface area contributed by atoms with Gasteiger partial charge in [-0.15, -0.1) is 0 Å². The molecule has 0 radical (unpaired) electrons. The fourth-order valence-electron chi connectivity index (χ4n) is 3.84. The lowest BCUT2D eigenvalue weighted by Crippen LogP contribution is -2.41. The van der Waals surface area contributed by atoms with Gasteiger partial charge in [0.1, 0.15) is 11.9 Å². The summed E-state index contributed by atoms with van der Waals surface area (Å²) in [6.45, 7) is 14.7. The van der Waals surface area contributed by atoms with Gasteiger partial charge in [-0.2, -0.15) is 5.26 Å². The molecule has 2 N–H and O–H groups in total. The number of benzene rings is 1. The summed E-state index contributed by atoms with van der Waals surface area (Å²) in [5.41, 5.74) is 3.66. The minimum absolute atomic E-state index is 0.0984. The molecule has 0 bridgehead atoms. The van der Waals surface area contributed by atoms with E-state index in [0.29, 0.717) is 6.54 Å². The summed E-state index contributed by atoms with van der Waals surface area (Å²) in [6.07, 6.45) is 5.26. The number of nitrogens with zero attached hydrogens (tertiary/aromatic N) is 4. The smallest absolute Gasteiger partial charge is 0.234 e. The van der Waals surface area contributed by atoms with Crippen molar-refractivity contribution in [1.82, 2.24) is 15.3 Å². The van der Waals surface area contributed by atoms with Crippen molar-refractivity contribution in [2.75, 3.05) is 29.9 Å². The third-order valence-electron chi connectivity index (χ3n) is 5.54. The second-order valence-corrected chi connectivity index (χ2v) is 10.4. The van der Waals surface area contributed by atoms with Gasteiger partial charge >= 0.3 is 0 Å². The Kier molecular flexibility index (Phi) is 7.17. The average molecular weight is 421 g/mol. The molecule has 31 heavy (non-hydrogen) atoms. The van der Waals surface area contributed by atoms with Crippen molar-refractivity contribution >= 4 is 11.5 Å². The van der Waals surface area contributed by atoms with Crippen LogP contribution in [0.3, 0.4) is 0 Å². The van der Waals surface area contributed by atoms with Gasteiger partial charge in [-0.3, -0.25) is 0 Å². The summed E-state index contributed by atoms with van der Waals surface area (Å²) in [5.74, 6) is 0.930. The van der Waals surface area contributed by atoms with Gasteiger partial charge in [-0.05, 0) is 56.2 Å². The molecule has 0 unspecified atom stereocenters. The molecular formula is C25H36N6. The number of nitrogens with one attached hydrogen (secondary N) is 2. The molecule has 2 heterocycles. The van der Waals surface area contributed by atoms with Crippen molar-refractivity contribution in [3.63, 3.8) is 0 Å². The Morgan fingerprint density at radius 3 is 2.55 bits per heavy atom. The number of aromatic nitrogens is 2. The fourth-order valence-corrected chi connectivity index (χ4v) is 3.84. The van der Waals surface area contributed by atoms with Crippen molar-refractivity contribution in [2.45, 2.75) is 66.0 Å². The molecule has 2 aromatic rings. The Morgan fingerprint density at radius 1 is 1.13 bits per heavy atom. The Labute approximate surface area is 187 Å². The molecule has 1 aliphatic heterocycles.